The Morgan fingerprint density at radius 3 is 2.46 bits per heavy atom. The normalized spacial score (nSPS) is 13.6. The van der Waals surface area contributed by atoms with Crippen LogP contribution in [0, 0.1) is 0 Å². The van der Waals surface area contributed by atoms with Crippen molar-refractivity contribution < 1.29 is 28.2 Å². The maximum absolute atomic E-state index is 13.0. The first-order valence-corrected chi connectivity index (χ1v) is 12.9. The van der Waals surface area contributed by atoms with Gasteiger partial charge < -0.3 is 23.9 Å². The zero-order valence-electron chi connectivity index (χ0n) is 20.3. The van der Waals surface area contributed by atoms with Crippen LogP contribution >= 0.6 is 11.3 Å². The smallest absolute Gasteiger partial charge is 0.341 e. The fourth-order valence-electron chi connectivity index (χ4n) is 3.89. The number of benzene rings is 1. The van der Waals surface area contributed by atoms with Crippen LogP contribution < -0.4 is 14.8 Å². The lowest BCUT2D eigenvalue weighted by atomic mass is 9.95. The second-order valence-corrected chi connectivity index (χ2v) is 9.56. The summed E-state index contributed by atoms with van der Waals surface area (Å²) in [6, 6.07) is 10.6. The van der Waals surface area contributed by atoms with E-state index in [2.05, 4.69) is 5.32 Å². The van der Waals surface area contributed by atoms with Crippen LogP contribution in [-0.4, -0.2) is 24.6 Å². The summed E-state index contributed by atoms with van der Waals surface area (Å²) < 4.78 is 22.5. The molecule has 1 atom stereocenters. The number of carbonyl (C=O) groups is 2. The molecule has 1 N–H and O–H groups in total. The third-order valence-corrected chi connectivity index (χ3v) is 7.09. The van der Waals surface area contributed by atoms with Gasteiger partial charge in [-0.3, -0.25) is 4.79 Å². The van der Waals surface area contributed by atoms with Crippen molar-refractivity contribution in [1.82, 2.24) is 0 Å². The SMILES string of the molecule is CCOc1ccc(OCc2ccc(C(=O)Nc3sc4c(c3C(=O)OC(C)CC)CCCC4)o2)cc1. The molecular weight excluding hydrogens is 466 g/mol. The van der Waals surface area contributed by atoms with E-state index in [9.17, 15) is 9.59 Å². The summed E-state index contributed by atoms with van der Waals surface area (Å²) in [4.78, 5) is 27.1. The van der Waals surface area contributed by atoms with Crippen LogP contribution in [0.15, 0.2) is 40.8 Å². The minimum absolute atomic E-state index is 0.155. The minimum atomic E-state index is -0.409. The highest BCUT2D eigenvalue weighted by Crippen LogP contribution is 2.39. The molecule has 8 heteroatoms. The van der Waals surface area contributed by atoms with Crippen LogP contribution in [0.2, 0.25) is 0 Å². The van der Waals surface area contributed by atoms with Gasteiger partial charge in [-0.1, -0.05) is 6.92 Å². The fourth-order valence-corrected chi connectivity index (χ4v) is 5.16. The molecule has 0 fully saturated rings. The van der Waals surface area contributed by atoms with Gasteiger partial charge in [0.15, 0.2) is 5.76 Å². The minimum Gasteiger partial charge on any atom is -0.494 e. The number of thiophene rings is 1. The lowest BCUT2D eigenvalue weighted by Crippen LogP contribution is -2.18. The zero-order valence-corrected chi connectivity index (χ0v) is 21.2. The number of esters is 1. The van der Waals surface area contributed by atoms with Crippen molar-refractivity contribution in [2.24, 2.45) is 0 Å². The fraction of sp³-hybridized carbons (Fsp3) is 0.407. The number of anilines is 1. The van der Waals surface area contributed by atoms with E-state index in [1.807, 2.05) is 45.0 Å². The summed E-state index contributed by atoms with van der Waals surface area (Å²) in [7, 11) is 0. The average Bonchev–Trinajstić information content (AvgIpc) is 3.48. The lowest BCUT2D eigenvalue weighted by Gasteiger charge is -2.15. The van der Waals surface area contributed by atoms with Crippen molar-refractivity contribution in [2.75, 3.05) is 11.9 Å². The predicted molar refractivity (Wildman–Crippen MR) is 135 cm³/mol. The lowest BCUT2D eigenvalue weighted by molar-refractivity contribution is 0.0335. The molecule has 0 bridgehead atoms. The highest BCUT2D eigenvalue weighted by atomic mass is 32.1. The quantitative estimate of drug-likeness (QED) is 0.326. The topological polar surface area (TPSA) is 87.0 Å². The van der Waals surface area contributed by atoms with E-state index in [1.54, 1.807) is 12.1 Å². The maximum Gasteiger partial charge on any atom is 0.341 e. The van der Waals surface area contributed by atoms with E-state index in [0.29, 0.717) is 28.7 Å². The number of nitrogens with one attached hydrogen (secondary N) is 1. The monoisotopic (exact) mass is 497 g/mol. The largest absolute Gasteiger partial charge is 0.494 e. The summed E-state index contributed by atoms with van der Waals surface area (Å²) >= 11 is 1.46. The number of hydrogen-bond acceptors (Lipinski definition) is 7. The molecule has 0 spiro atoms. The van der Waals surface area contributed by atoms with Crippen LogP contribution in [0.4, 0.5) is 5.00 Å². The van der Waals surface area contributed by atoms with Gasteiger partial charge in [0.1, 0.15) is 28.9 Å². The highest BCUT2D eigenvalue weighted by Gasteiger charge is 2.28. The van der Waals surface area contributed by atoms with Crippen molar-refractivity contribution >= 4 is 28.2 Å². The average molecular weight is 498 g/mol. The second-order valence-electron chi connectivity index (χ2n) is 8.45. The molecule has 2 aromatic heterocycles. The van der Waals surface area contributed by atoms with E-state index in [4.69, 9.17) is 18.6 Å². The molecule has 0 radical (unpaired) electrons. The van der Waals surface area contributed by atoms with Crippen LogP contribution in [-0.2, 0) is 24.2 Å². The van der Waals surface area contributed by atoms with Gasteiger partial charge in [0.05, 0.1) is 18.3 Å². The van der Waals surface area contributed by atoms with Gasteiger partial charge in [-0.25, -0.2) is 4.79 Å². The Labute approximate surface area is 209 Å². The highest BCUT2D eigenvalue weighted by molar-refractivity contribution is 7.17. The van der Waals surface area contributed by atoms with Gasteiger partial charge in [0.25, 0.3) is 5.91 Å². The molecule has 35 heavy (non-hydrogen) atoms. The third kappa shape index (κ3) is 6.06. The molecular formula is C27H31NO6S. The molecule has 3 aromatic rings. The molecule has 4 rings (SSSR count). The van der Waals surface area contributed by atoms with Gasteiger partial charge >= 0.3 is 5.97 Å². The molecule has 7 nitrogen and oxygen atoms in total. The number of amides is 1. The number of hydrogen-bond donors (Lipinski definition) is 1. The summed E-state index contributed by atoms with van der Waals surface area (Å²) in [6.45, 7) is 6.56. The number of aryl methyl sites for hydroxylation is 1. The van der Waals surface area contributed by atoms with Crippen molar-refractivity contribution in [3.63, 3.8) is 0 Å². The van der Waals surface area contributed by atoms with Gasteiger partial charge in [0.2, 0.25) is 0 Å². The number of ether oxygens (including phenoxy) is 3. The molecule has 2 heterocycles. The predicted octanol–water partition coefficient (Wildman–Crippen LogP) is 6.41. The molecule has 1 aliphatic carbocycles. The Bertz CT molecular complexity index is 1160. The summed E-state index contributed by atoms with van der Waals surface area (Å²) in [5.74, 6) is 1.34. The van der Waals surface area contributed by atoms with E-state index < -0.39 is 5.91 Å². The number of rotatable bonds is 10. The first-order valence-electron chi connectivity index (χ1n) is 12.1. The second kappa shape index (κ2) is 11.4. The molecule has 0 saturated carbocycles. The van der Waals surface area contributed by atoms with E-state index in [0.717, 1.165) is 48.3 Å². The van der Waals surface area contributed by atoms with Gasteiger partial charge in [-0.15, -0.1) is 11.3 Å². The summed E-state index contributed by atoms with van der Waals surface area (Å²) in [5, 5.41) is 3.42. The van der Waals surface area contributed by atoms with E-state index in [-0.39, 0.29) is 24.4 Å². The van der Waals surface area contributed by atoms with Crippen molar-refractivity contribution in [3.8, 4) is 11.5 Å². The summed E-state index contributed by atoms with van der Waals surface area (Å²) in [6.07, 6.45) is 4.38. The van der Waals surface area contributed by atoms with Crippen LogP contribution in [0.25, 0.3) is 0 Å². The van der Waals surface area contributed by atoms with Gasteiger partial charge in [-0.05, 0) is 87.9 Å². The Hall–Kier alpha value is -3.26. The maximum atomic E-state index is 13.0. The Balaban J connectivity index is 1.43. The molecule has 0 saturated heterocycles. The Kier molecular flexibility index (Phi) is 8.13. The molecule has 1 aliphatic rings. The van der Waals surface area contributed by atoms with E-state index in [1.165, 1.54) is 11.3 Å². The van der Waals surface area contributed by atoms with Crippen LogP contribution in [0.3, 0.4) is 0 Å². The Morgan fingerprint density at radius 2 is 1.74 bits per heavy atom. The number of furan rings is 1. The van der Waals surface area contributed by atoms with Gasteiger partial charge in [-0.2, -0.15) is 0 Å². The third-order valence-electron chi connectivity index (χ3n) is 5.89. The van der Waals surface area contributed by atoms with Crippen molar-refractivity contribution in [2.45, 2.75) is 65.6 Å². The molecule has 186 valence electrons. The number of fused-ring (bicyclic) bond motifs is 1. The molecule has 0 aliphatic heterocycles. The summed E-state index contributed by atoms with van der Waals surface area (Å²) in [5.41, 5.74) is 1.50. The van der Waals surface area contributed by atoms with E-state index >= 15 is 0 Å². The zero-order chi connectivity index (χ0) is 24.8. The standard InChI is InChI=1S/C27H31NO6S/c1-4-17(3)33-27(30)24-21-8-6-7-9-23(21)35-26(24)28-25(29)22-15-14-20(34-22)16-32-19-12-10-18(11-13-19)31-5-2/h10-15,17H,4-9,16H2,1-3H3,(H,28,29). The first-order chi connectivity index (χ1) is 17.0. The van der Waals surface area contributed by atoms with Crippen molar-refractivity contribution in [1.29, 1.82) is 0 Å². The molecule has 1 amide bonds. The van der Waals surface area contributed by atoms with Crippen LogP contribution in [0.5, 0.6) is 11.5 Å². The van der Waals surface area contributed by atoms with Crippen LogP contribution in [0.1, 0.15) is 77.1 Å². The number of carbonyl (C=O) groups excluding carboxylic acids is 2. The first kappa shape index (κ1) is 24.9. The molecule has 1 aromatic carbocycles. The van der Waals surface area contributed by atoms with Gasteiger partial charge in [0, 0.05) is 4.88 Å². The Morgan fingerprint density at radius 1 is 1.03 bits per heavy atom. The molecule has 1 unspecified atom stereocenters. The van der Waals surface area contributed by atoms with Crippen molar-refractivity contribution in [3.05, 3.63) is 63.9 Å².